The van der Waals surface area contributed by atoms with E-state index in [4.69, 9.17) is 0 Å². The second-order valence-electron chi connectivity index (χ2n) is 4.79. The largest absolute Gasteiger partial charge is 0.387 e. The summed E-state index contributed by atoms with van der Waals surface area (Å²) >= 11 is 0. The van der Waals surface area contributed by atoms with Gasteiger partial charge in [-0.15, -0.1) is 12.4 Å². The van der Waals surface area contributed by atoms with Gasteiger partial charge in [0.15, 0.2) is 0 Å². The summed E-state index contributed by atoms with van der Waals surface area (Å²) in [5.74, 6) is 0.470. The number of hydrogen-bond acceptors (Lipinski definition) is 3. The molecule has 5 heteroatoms. The van der Waals surface area contributed by atoms with Crippen molar-refractivity contribution in [2.45, 2.75) is 18.9 Å². The standard InChI is InChI=1S/C14H20N2O2.ClH/c17-13(12-4-2-1-3-5-12)10-16-14(18)8-11-6-7-15-9-11;/h1-5,11,13,15,17H,6-10H2,(H,16,18);1H. The van der Waals surface area contributed by atoms with E-state index in [-0.39, 0.29) is 24.9 Å². The highest BCUT2D eigenvalue weighted by molar-refractivity contribution is 5.85. The first-order valence-corrected chi connectivity index (χ1v) is 6.46. The number of nitrogens with one attached hydrogen (secondary N) is 2. The quantitative estimate of drug-likeness (QED) is 0.763. The third-order valence-electron chi connectivity index (χ3n) is 3.31. The second-order valence-corrected chi connectivity index (χ2v) is 4.79. The second kappa shape index (κ2) is 8.15. The third kappa shape index (κ3) is 5.19. The average Bonchev–Trinajstić information content (AvgIpc) is 2.90. The van der Waals surface area contributed by atoms with Gasteiger partial charge >= 0.3 is 0 Å². The highest BCUT2D eigenvalue weighted by Gasteiger charge is 2.18. The van der Waals surface area contributed by atoms with Crippen molar-refractivity contribution in [3.05, 3.63) is 35.9 Å². The van der Waals surface area contributed by atoms with Crippen LogP contribution in [0.5, 0.6) is 0 Å². The number of benzene rings is 1. The zero-order valence-electron chi connectivity index (χ0n) is 10.8. The van der Waals surface area contributed by atoms with Crippen molar-refractivity contribution in [3.8, 4) is 0 Å². The fourth-order valence-corrected chi connectivity index (χ4v) is 2.23. The first kappa shape index (κ1) is 16.0. The molecule has 1 fully saturated rings. The van der Waals surface area contributed by atoms with Crippen LogP contribution in [0, 0.1) is 5.92 Å². The summed E-state index contributed by atoms with van der Waals surface area (Å²) in [5, 5.41) is 15.9. The number of carbonyl (C=O) groups is 1. The summed E-state index contributed by atoms with van der Waals surface area (Å²) in [7, 11) is 0. The number of hydrogen-bond donors (Lipinski definition) is 3. The van der Waals surface area contributed by atoms with Gasteiger partial charge in [-0.2, -0.15) is 0 Å². The van der Waals surface area contributed by atoms with Crippen molar-refractivity contribution in [2.75, 3.05) is 19.6 Å². The number of halogens is 1. The molecule has 0 radical (unpaired) electrons. The van der Waals surface area contributed by atoms with E-state index in [1.165, 1.54) is 0 Å². The van der Waals surface area contributed by atoms with Gasteiger partial charge in [0.05, 0.1) is 6.10 Å². The summed E-state index contributed by atoms with van der Waals surface area (Å²) in [6, 6.07) is 9.38. The van der Waals surface area contributed by atoms with E-state index in [1.54, 1.807) is 0 Å². The number of rotatable bonds is 5. The van der Waals surface area contributed by atoms with Crippen LogP contribution in [-0.4, -0.2) is 30.6 Å². The molecule has 1 amide bonds. The summed E-state index contributed by atoms with van der Waals surface area (Å²) in [6.07, 6.45) is 0.986. The molecule has 2 rings (SSSR count). The average molecular weight is 285 g/mol. The Morgan fingerprint density at radius 1 is 1.42 bits per heavy atom. The first-order chi connectivity index (χ1) is 8.75. The van der Waals surface area contributed by atoms with E-state index in [2.05, 4.69) is 10.6 Å². The Morgan fingerprint density at radius 2 is 2.16 bits per heavy atom. The van der Waals surface area contributed by atoms with Crippen LogP contribution in [0.2, 0.25) is 0 Å². The first-order valence-electron chi connectivity index (χ1n) is 6.46. The molecule has 1 aromatic rings. The maximum absolute atomic E-state index is 11.7. The maximum atomic E-state index is 11.7. The summed E-state index contributed by atoms with van der Waals surface area (Å²) in [6.45, 7) is 2.21. The van der Waals surface area contributed by atoms with Crippen molar-refractivity contribution in [1.82, 2.24) is 10.6 Å². The molecular weight excluding hydrogens is 264 g/mol. The van der Waals surface area contributed by atoms with Crippen LogP contribution in [0.1, 0.15) is 24.5 Å². The van der Waals surface area contributed by atoms with Gasteiger partial charge in [0.2, 0.25) is 5.91 Å². The number of aliphatic hydroxyl groups is 1. The lowest BCUT2D eigenvalue weighted by atomic mass is 10.0. The predicted octanol–water partition coefficient (Wildman–Crippen LogP) is 1.26. The molecule has 0 aromatic heterocycles. The molecule has 3 N–H and O–H groups in total. The predicted molar refractivity (Wildman–Crippen MR) is 77.3 cm³/mol. The number of carbonyl (C=O) groups excluding carboxylic acids is 1. The van der Waals surface area contributed by atoms with Crippen molar-refractivity contribution in [2.24, 2.45) is 5.92 Å². The summed E-state index contributed by atoms with van der Waals surface area (Å²) < 4.78 is 0. The van der Waals surface area contributed by atoms with Gasteiger partial charge in [-0.05, 0) is 31.0 Å². The monoisotopic (exact) mass is 284 g/mol. The molecule has 0 aliphatic carbocycles. The SMILES string of the molecule is Cl.O=C(CC1CCNC1)NCC(O)c1ccccc1. The highest BCUT2D eigenvalue weighted by Crippen LogP contribution is 2.13. The van der Waals surface area contributed by atoms with Gasteiger partial charge < -0.3 is 15.7 Å². The molecule has 1 aliphatic heterocycles. The number of aliphatic hydroxyl groups excluding tert-OH is 1. The molecule has 1 heterocycles. The molecule has 4 nitrogen and oxygen atoms in total. The Morgan fingerprint density at radius 3 is 2.79 bits per heavy atom. The fourth-order valence-electron chi connectivity index (χ4n) is 2.23. The smallest absolute Gasteiger partial charge is 0.220 e. The van der Waals surface area contributed by atoms with Crippen LogP contribution in [0.15, 0.2) is 30.3 Å². The van der Waals surface area contributed by atoms with Gasteiger partial charge in [-0.1, -0.05) is 30.3 Å². The fraction of sp³-hybridized carbons (Fsp3) is 0.500. The molecule has 2 atom stereocenters. The minimum atomic E-state index is -0.628. The van der Waals surface area contributed by atoms with Gasteiger partial charge in [0.25, 0.3) is 0 Å². The van der Waals surface area contributed by atoms with Crippen LogP contribution < -0.4 is 10.6 Å². The molecule has 0 saturated carbocycles. The van der Waals surface area contributed by atoms with Crippen molar-refractivity contribution in [3.63, 3.8) is 0 Å². The van der Waals surface area contributed by atoms with E-state index < -0.39 is 6.10 Å². The molecule has 0 bridgehead atoms. The van der Waals surface area contributed by atoms with Crippen LogP contribution >= 0.6 is 12.4 Å². The molecule has 106 valence electrons. The van der Waals surface area contributed by atoms with E-state index in [0.717, 1.165) is 25.1 Å². The lowest BCUT2D eigenvalue weighted by Crippen LogP contribution is -2.30. The van der Waals surface area contributed by atoms with Crippen molar-refractivity contribution in [1.29, 1.82) is 0 Å². The van der Waals surface area contributed by atoms with Crippen molar-refractivity contribution < 1.29 is 9.90 Å². The van der Waals surface area contributed by atoms with Crippen LogP contribution in [0.4, 0.5) is 0 Å². The Bertz CT molecular complexity index is 380. The molecule has 1 aliphatic rings. The Kier molecular flexibility index (Phi) is 6.84. The van der Waals surface area contributed by atoms with Gasteiger partial charge in [0.1, 0.15) is 0 Å². The van der Waals surface area contributed by atoms with Crippen LogP contribution in [0.25, 0.3) is 0 Å². The minimum Gasteiger partial charge on any atom is -0.387 e. The Labute approximate surface area is 120 Å². The van der Waals surface area contributed by atoms with E-state index >= 15 is 0 Å². The molecule has 1 aromatic carbocycles. The van der Waals surface area contributed by atoms with Crippen molar-refractivity contribution >= 4 is 18.3 Å². The van der Waals surface area contributed by atoms with Crippen LogP contribution in [-0.2, 0) is 4.79 Å². The van der Waals surface area contributed by atoms with Gasteiger partial charge in [-0.25, -0.2) is 0 Å². The molecule has 2 unspecified atom stereocenters. The van der Waals surface area contributed by atoms with E-state index in [9.17, 15) is 9.90 Å². The Balaban J connectivity index is 0.00000180. The van der Waals surface area contributed by atoms with E-state index in [0.29, 0.717) is 12.3 Å². The van der Waals surface area contributed by atoms with Gasteiger partial charge in [0, 0.05) is 13.0 Å². The topological polar surface area (TPSA) is 61.4 Å². The Hall–Kier alpha value is -1.10. The number of amides is 1. The van der Waals surface area contributed by atoms with Gasteiger partial charge in [-0.3, -0.25) is 4.79 Å². The summed E-state index contributed by atoms with van der Waals surface area (Å²) in [5.41, 5.74) is 0.834. The molecule has 19 heavy (non-hydrogen) atoms. The maximum Gasteiger partial charge on any atom is 0.220 e. The lowest BCUT2D eigenvalue weighted by Gasteiger charge is -2.13. The normalized spacial score (nSPS) is 19.5. The lowest BCUT2D eigenvalue weighted by molar-refractivity contribution is -0.122. The molecule has 0 spiro atoms. The van der Waals surface area contributed by atoms with Crippen LogP contribution in [0.3, 0.4) is 0 Å². The molecular formula is C14H21ClN2O2. The zero-order chi connectivity index (χ0) is 12.8. The zero-order valence-corrected chi connectivity index (χ0v) is 11.7. The third-order valence-corrected chi connectivity index (χ3v) is 3.31. The highest BCUT2D eigenvalue weighted by atomic mass is 35.5. The summed E-state index contributed by atoms with van der Waals surface area (Å²) in [4.78, 5) is 11.7. The van der Waals surface area contributed by atoms with E-state index in [1.807, 2.05) is 30.3 Å². The molecule has 1 saturated heterocycles. The minimum absolute atomic E-state index is 0.